The molecule has 2 aromatic heterocycles. The van der Waals surface area contributed by atoms with Crippen molar-refractivity contribution in [2.24, 2.45) is 0 Å². The molecule has 1 aliphatic rings. The molecule has 5 heteroatoms. The molecule has 1 N–H and O–H groups in total. The van der Waals surface area contributed by atoms with E-state index in [1.807, 2.05) is 12.1 Å². The number of nitrogens with zero attached hydrogens (tertiary/aromatic N) is 3. The Kier molecular flexibility index (Phi) is 4.10. The zero-order valence-corrected chi connectivity index (χ0v) is 12.3. The molecule has 0 saturated heterocycles. The normalized spacial score (nSPS) is 14.9. The minimum absolute atomic E-state index is 0.00181. The van der Waals surface area contributed by atoms with Gasteiger partial charge >= 0.3 is 0 Å². The van der Waals surface area contributed by atoms with Gasteiger partial charge in [0, 0.05) is 36.6 Å². The highest BCUT2D eigenvalue weighted by Crippen LogP contribution is 2.18. The lowest BCUT2D eigenvalue weighted by molar-refractivity contribution is 0.245. The van der Waals surface area contributed by atoms with Gasteiger partial charge in [0.15, 0.2) is 0 Å². The molecule has 110 valence electrons. The molecule has 0 bridgehead atoms. The first-order chi connectivity index (χ1) is 10.3. The molecule has 0 saturated carbocycles. The molecule has 0 aliphatic carbocycles. The smallest absolute Gasteiger partial charge is 0.254 e. The molecular formula is C16H20N4O. The summed E-state index contributed by atoms with van der Waals surface area (Å²) in [4.78, 5) is 26.2. The fourth-order valence-electron chi connectivity index (χ4n) is 2.71. The van der Waals surface area contributed by atoms with Gasteiger partial charge in [0.1, 0.15) is 5.82 Å². The van der Waals surface area contributed by atoms with Gasteiger partial charge in [-0.3, -0.25) is 14.7 Å². The van der Waals surface area contributed by atoms with E-state index in [4.69, 9.17) is 0 Å². The van der Waals surface area contributed by atoms with Crippen LogP contribution < -0.4 is 5.56 Å². The summed E-state index contributed by atoms with van der Waals surface area (Å²) in [5, 5.41) is 0. The standard InChI is InChI=1S/C16H20N4O/c1-2-3-9-20-10-6-13-14(11-20)18-15(19-16(13)21)12-4-7-17-8-5-12/h4-5,7-8H,2-3,6,9-11H2,1H3,(H,18,19,21). The number of hydrogen-bond donors (Lipinski definition) is 1. The molecule has 0 spiro atoms. The number of hydrogen-bond acceptors (Lipinski definition) is 4. The second-order valence-corrected chi connectivity index (χ2v) is 5.46. The van der Waals surface area contributed by atoms with Gasteiger partial charge in [-0.15, -0.1) is 0 Å². The summed E-state index contributed by atoms with van der Waals surface area (Å²) >= 11 is 0. The first-order valence-electron chi connectivity index (χ1n) is 7.52. The lowest BCUT2D eigenvalue weighted by atomic mass is 10.1. The molecule has 2 aromatic rings. The van der Waals surface area contributed by atoms with Gasteiger partial charge in [-0.05, 0) is 31.5 Å². The van der Waals surface area contributed by atoms with Crippen LogP contribution in [0.4, 0.5) is 0 Å². The zero-order chi connectivity index (χ0) is 14.7. The topological polar surface area (TPSA) is 61.9 Å². The summed E-state index contributed by atoms with van der Waals surface area (Å²) in [5.74, 6) is 0.637. The third kappa shape index (κ3) is 3.03. The van der Waals surface area contributed by atoms with Crippen molar-refractivity contribution >= 4 is 0 Å². The fraction of sp³-hybridized carbons (Fsp3) is 0.438. The predicted octanol–water partition coefficient (Wildman–Crippen LogP) is 1.99. The molecule has 0 amide bonds. The number of H-pyrrole nitrogens is 1. The molecule has 21 heavy (non-hydrogen) atoms. The van der Waals surface area contributed by atoms with Crippen LogP contribution in [0.3, 0.4) is 0 Å². The maximum Gasteiger partial charge on any atom is 0.254 e. The second kappa shape index (κ2) is 6.18. The molecule has 1 aliphatic heterocycles. The third-order valence-corrected chi connectivity index (χ3v) is 3.93. The quantitative estimate of drug-likeness (QED) is 0.932. The average Bonchev–Trinajstić information content (AvgIpc) is 2.53. The SMILES string of the molecule is CCCCN1CCc2c(nc(-c3ccncc3)[nH]c2=O)C1. The number of aromatic amines is 1. The molecule has 0 atom stereocenters. The van der Waals surface area contributed by atoms with E-state index in [1.165, 1.54) is 12.8 Å². The van der Waals surface area contributed by atoms with E-state index < -0.39 is 0 Å². The van der Waals surface area contributed by atoms with Crippen molar-refractivity contribution < 1.29 is 0 Å². The summed E-state index contributed by atoms with van der Waals surface area (Å²) in [5.41, 5.74) is 2.67. The zero-order valence-electron chi connectivity index (χ0n) is 12.3. The Morgan fingerprint density at radius 2 is 2.14 bits per heavy atom. The van der Waals surface area contributed by atoms with Gasteiger partial charge in [-0.2, -0.15) is 0 Å². The summed E-state index contributed by atoms with van der Waals surface area (Å²) in [6, 6.07) is 3.73. The molecule has 0 radical (unpaired) electrons. The largest absolute Gasteiger partial charge is 0.306 e. The first kappa shape index (κ1) is 13.9. The van der Waals surface area contributed by atoms with Crippen LogP contribution in [0.5, 0.6) is 0 Å². The number of nitrogens with one attached hydrogen (secondary N) is 1. The van der Waals surface area contributed by atoms with Crippen LogP contribution in [0.15, 0.2) is 29.3 Å². The van der Waals surface area contributed by atoms with Crippen molar-refractivity contribution in [3.05, 3.63) is 46.1 Å². The Balaban J connectivity index is 1.91. The Hall–Kier alpha value is -2.01. The van der Waals surface area contributed by atoms with Gasteiger partial charge in [-0.25, -0.2) is 4.98 Å². The maximum absolute atomic E-state index is 12.2. The number of aromatic nitrogens is 3. The van der Waals surface area contributed by atoms with Gasteiger partial charge < -0.3 is 4.98 Å². The predicted molar refractivity (Wildman–Crippen MR) is 82.0 cm³/mol. The molecule has 0 fully saturated rings. The summed E-state index contributed by atoms with van der Waals surface area (Å²) in [7, 11) is 0. The number of rotatable bonds is 4. The minimum Gasteiger partial charge on any atom is -0.306 e. The highest BCUT2D eigenvalue weighted by atomic mass is 16.1. The van der Waals surface area contributed by atoms with Crippen LogP contribution in [0, 0.1) is 0 Å². The van der Waals surface area contributed by atoms with Crippen LogP contribution in [0.25, 0.3) is 11.4 Å². The molecule has 0 unspecified atom stereocenters. The molecule has 3 rings (SSSR count). The van der Waals surface area contributed by atoms with Crippen molar-refractivity contribution in [1.82, 2.24) is 19.9 Å². The van der Waals surface area contributed by atoms with Gasteiger partial charge in [0.2, 0.25) is 0 Å². The monoisotopic (exact) mass is 284 g/mol. The Morgan fingerprint density at radius 3 is 2.90 bits per heavy atom. The summed E-state index contributed by atoms with van der Waals surface area (Å²) in [6.45, 7) is 5.00. The van der Waals surface area contributed by atoms with Gasteiger partial charge in [-0.1, -0.05) is 13.3 Å². The number of unbranched alkanes of at least 4 members (excludes halogenated alkanes) is 1. The highest BCUT2D eigenvalue weighted by Gasteiger charge is 2.20. The van der Waals surface area contributed by atoms with Crippen LogP contribution in [-0.2, 0) is 13.0 Å². The van der Waals surface area contributed by atoms with Crippen LogP contribution in [0.2, 0.25) is 0 Å². The molecule has 5 nitrogen and oxygen atoms in total. The van der Waals surface area contributed by atoms with Crippen molar-refractivity contribution in [2.75, 3.05) is 13.1 Å². The van der Waals surface area contributed by atoms with Crippen LogP contribution >= 0.6 is 0 Å². The van der Waals surface area contributed by atoms with Crippen molar-refractivity contribution in [3.8, 4) is 11.4 Å². The molecule has 0 aromatic carbocycles. The van der Waals surface area contributed by atoms with E-state index >= 15 is 0 Å². The lowest BCUT2D eigenvalue weighted by Gasteiger charge is -2.27. The van der Waals surface area contributed by atoms with Crippen molar-refractivity contribution in [2.45, 2.75) is 32.7 Å². The van der Waals surface area contributed by atoms with Crippen LogP contribution in [-0.4, -0.2) is 32.9 Å². The van der Waals surface area contributed by atoms with E-state index in [9.17, 15) is 4.79 Å². The maximum atomic E-state index is 12.2. The van der Waals surface area contributed by atoms with E-state index in [0.717, 1.165) is 42.9 Å². The van der Waals surface area contributed by atoms with E-state index in [1.54, 1.807) is 12.4 Å². The lowest BCUT2D eigenvalue weighted by Crippen LogP contribution is -2.35. The van der Waals surface area contributed by atoms with Crippen molar-refractivity contribution in [3.63, 3.8) is 0 Å². The Bertz CT molecular complexity index is 666. The number of fused-ring (bicyclic) bond motifs is 1. The average molecular weight is 284 g/mol. The first-order valence-corrected chi connectivity index (χ1v) is 7.52. The molecule has 3 heterocycles. The third-order valence-electron chi connectivity index (χ3n) is 3.93. The van der Waals surface area contributed by atoms with E-state index in [2.05, 4.69) is 26.8 Å². The van der Waals surface area contributed by atoms with Gasteiger partial charge in [0.25, 0.3) is 5.56 Å². The van der Waals surface area contributed by atoms with E-state index in [0.29, 0.717) is 5.82 Å². The highest BCUT2D eigenvalue weighted by molar-refractivity contribution is 5.53. The van der Waals surface area contributed by atoms with Crippen LogP contribution in [0.1, 0.15) is 31.0 Å². The van der Waals surface area contributed by atoms with Crippen molar-refractivity contribution in [1.29, 1.82) is 0 Å². The van der Waals surface area contributed by atoms with Gasteiger partial charge in [0.05, 0.1) is 5.69 Å². The summed E-state index contributed by atoms with van der Waals surface area (Å²) in [6.07, 6.45) is 6.59. The number of pyridine rings is 1. The summed E-state index contributed by atoms with van der Waals surface area (Å²) < 4.78 is 0. The molecular weight excluding hydrogens is 264 g/mol. The second-order valence-electron chi connectivity index (χ2n) is 5.46. The van der Waals surface area contributed by atoms with E-state index in [-0.39, 0.29) is 5.56 Å². The minimum atomic E-state index is 0.00181. The Labute approximate surface area is 124 Å². The fourth-order valence-corrected chi connectivity index (χ4v) is 2.71. The Morgan fingerprint density at radius 1 is 1.33 bits per heavy atom.